The van der Waals surface area contributed by atoms with Crippen molar-refractivity contribution in [1.82, 2.24) is 0 Å². The maximum atomic E-state index is 12.0. The fraction of sp³-hybridized carbons (Fsp3) is 0.500. The van der Waals surface area contributed by atoms with E-state index in [-0.39, 0.29) is 17.9 Å². The zero-order valence-electron chi connectivity index (χ0n) is 11.0. The van der Waals surface area contributed by atoms with Gasteiger partial charge in [0.25, 0.3) is 0 Å². The van der Waals surface area contributed by atoms with Crippen LogP contribution in [0.5, 0.6) is 5.75 Å². The standard InChI is InChI=1S/C14H19ClN2O2/c1-19-14-10(15)5-3-7-12(14)17-13(18)8-9-4-2-6-11(9)16/h3,5,7,9,11H,2,4,6,8,16H2,1H3,(H,17,18)/t9-,11+/m0/s1. The van der Waals surface area contributed by atoms with Gasteiger partial charge < -0.3 is 15.8 Å². The molecule has 1 fully saturated rings. The van der Waals surface area contributed by atoms with Gasteiger partial charge in [-0.2, -0.15) is 0 Å². The van der Waals surface area contributed by atoms with E-state index in [2.05, 4.69) is 5.32 Å². The number of ether oxygens (including phenoxy) is 1. The third kappa shape index (κ3) is 3.39. The number of methoxy groups -OCH3 is 1. The number of rotatable bonds is 4. The number of nitrogens with two attached hydrogens (primary N) is 1. The molecule has 5 heteroatoms. The van der Waals surface area contributed by atoms with Gasteiger partial charge >= 0.3 is 0 Å². The van der Waals surface area contributed by atoms with E-state index in [4.69, 9.17) is 22.1 Å². The molecular weight excluding hydrogens is 264 g/mol. The van der Waals surface area contributed by atoms with Crippen LogP contribution in [0.1, 0.15) is 25.7 Å². The summed E-state index contributed by atoms with van der Waals surface area (Å²) in [7, 11) is 1.53. The van der Waals surface area contributed by atoms with Crippen molar-refractivity contribution in [2.24, 2.45) is 11.7 Å². The fourth-order valence-corrected chi connectivity index (χ4v) is 2.82. The van der Waals surface area contributed by atoms with Crippen LogP contribution in [0.3, 0.4) is 0 Å². The summed E-state index contributed by atoms with van der Waals surface area (Å²) in [6.45, 7) is 0. The van der Waals surface area contributed by atoms with Crippen molar-refractivity contribution >= 4 is 23.2 Å². The first kappa shape index (κ1) is 14.2. The highest BCUT2D eigenvalue weighted by Crippen LogP contribution is 2.33. The van der Waals surface area contributed by atoms with Crippen molar-refractivity contribution in [3.05, 3.63) is 23.2 Å². The summed E-state index contributed by atoms with van der Waals surface area (Å²) < 4.78 is 5.20. The average Bonchev–Trinajstić information content (AvgIpc) is 2.75. The first-order valence-corrected chi connectivity index (χ1v) is 6.87. The third-order valence-electron chi connectivity index (χ3n) is 3.61. The molecule has 0 radical (unpaired) electrons. The third-order valence-corrected chi connectivity index (χ3v) is 3.91. The smallest absolute Gasteiger partial charge is 0.224 e. The van der Waals surface area contributed by atoms with Gasteiger partial charge in [0, 0.05) is 12.5 Å². The first-order chi connectivity index (χ1) is 9.11. The topological polar surface area (TPSA) is 64.3 Å². The highest BCUT2D eigenvalue weighted by atomic mass is 35.5. The highest BCUT2D eigenvalue weighted by Gasteiger charge is 2.26. The van der Waals surface area contributed by atoms with Gasteiger partial charge in [0.15, 0.2) is 5.75 Å². The normalized spacial score (nSPS) is 22.3. The van der Waals surface area contributed by atoms with E-state index in [1.807, 2.05) is 0 Å². The Bertz CT molecular complexity index is 465. The average molecular weight is 283 g/mol. The lowest BCUT2D eigenvalue weighted by Crippen LogP contribution is -2.28. The lowest BCUT2D eigenvalue weighted by Gasteiger charge is -2.16. The Morgan fingerprint density at radius 2 is 2.32 bits per heavy atom. The second kappa shape index (κ2) is 6.26. The zero-order chi connectivity index (χ0) is 13.8. The van der Waals surface area contributed by atoms with Crippen LogP contribution < -0.4 is 15.8 Å². The van der Waals surface area contributed by atoms with Gasteiger partial charge in [-0.25, -0.2) is 0 Å². The van der Waals surface area contributed by atoms with Gasteiger partial charge in [-0.05, 0) is 30.9 Å². The van der Waals surface area contributed by atoms with Gasteiger partial charge in [0.2, 0.25) is 5.91 Å². The van der Waals surface area contributed by atoms with Gasteiger partial charge in [-0.1, -0.05) is 24.1 Å². The van der Waals surface area contributed by atoms with Crippen LogP contribution in [0, 0.1) is 5.92 Å². The molecule has 0 spiro atoms. The van der Waals surface area contributed by atoms with Crippen LogP contribution in [-0.2, 0) is 4.79 Å². The molecule has 1 aliphatic rings. The van der Waals surface area contributed by atoms with Crippen LogP contribution in [-0.4, -0.2) is 19.1 Å². The largest absolute Gasteiger partial charge is 0.493 e. The van der Waals surface area contributed by atoms with Crippen LogP contribution in [0.2, 0.25) is 5.02 Å². The minimum atomic E-state index is -0.0390. The molecule has 4 nitrogen and oxygen atoms in total. The molecule has 104 valence electrons. The summed E-state index contributed by atoms with van der Waals surface area (Å²) in [5.41, 5.74) is 6.58. The molecule has 1 saturated carbocycles. The quantitative estimate of drug-likeness (QED) is 0.892. The molecule has 2 rings (SSSR count). The Balaban J connectivity index is 2.01. The van der Waals surface area contributed by atoms with E-state index < -0.39 is 0 Å². The number of anilines is 1. The number of para-hydroxylation sites is 1. The Labute approximate surface area is 118 Å². The molecule has 0 bridgehead atoms. The minimum Gasteiger partial charge on any atom is -0.493 e. The van der Waals surface area contributed by atoms with Gasteiger partial charge in [-0.15, -0.1) is 0 Å². The molecule has 3 N–H and O–H groups in total. The Hall–Kier alpha value is -1.26. The van der Waals surface area contributed by atoms with Crippen molar-refractivity contribution in [3.8, 4) is 5.75 Å². The Morgan fingerprint density at radius 3 is 2.95 bits per heavy atom. The van der Waals surface area contributed by atoms with Crippen molar-refractivity contribution in [2.45, 2.75) is 31.7 Å². The highest BCUT2D eigenvalue weighted by molar-refractivity contribution is 6.32. The molecule has 0 aromatic heterocycles. The molecular formula is C14H19ClN2O2. The van der Waals surface area contributed by atoms with Crippen LogP contribution >= 0.6 is 11.6 Å². The summed E-state index contributed by atoms with van der Waals surface area (Å²) >= 11 is 6.01. The number of benzene rings is 1. The van der Waals surface area contributed by atoms with E-state index in [1.165, 1.54) is 7.11 Å². The maximum absolute atomic E-state index is 12.0. The van der Waals surface area contributed by atoms with Crippen molar-refractivity contribution in [2.75, 3.05) is 12.4 Å². The number of nitrogens with one attached hydrogen (secondary N) is 1. The van der Waals surface area contributed by atoms with Crippen molar-refractivity contribution in [3.63, 3.8) is 0 Å². The molecule has 1 aromatic carbocycles. The summed E-state index contributed by atoms with van der Waals surface area (Å²) in [5, 5.41) is 3.33. The summed E-state index contributed by atoms with van der Waals surface area (Å²) in [4.78, 5) is 12.0. The minimum absolute atomic E-state index is 0.0390. The SMILES string of the molecule is COc1c(Cl)cccc1NC(=O)C[C@@H]1CCC[C@H]1N. The Morgan fingerprint density at radius 1 is 1.53 bits per heavy atom. The number of hydrogen-bond donors (Lipinski definition) is 2. The first-order valence-electron chi connectivity index (χ1n) is 6.49. The monoisotopic (exact) mass is 282 g/mol. The van der Waals surface area contributed by atoms with Gasteiger partial charge in [0.05, 0.1) is 17.8 Å². The van der Waals surface area contributed by atoms with Crippen molar-refractivity contribution < 1.29 is 9.53 Å². The zero-order valence-corrected chi connectivity index (χ0v) is 11.7. The second-order valence-electron chi connectivity index (χ2n) is 4.93. The predicted molar refractivity (Wildman–Crippen MR) is 76.6 cm³/mol. The molecule has 0 aliphatic heterocycles. The number of halogens is 1. The second-order valence-corrected chi connectivity index (χ2v) is 5.33. The van der Waals surface area contributed by atoms with Crippen LogP contribution in [0.25, 0.3) is 0 Å². The van der Waals surface area contributed by atoms with Gasteiger partial charge in [-0.3, -0.25) is 4.79 Å². The van der Waals surface area contributed by atoms with E-state index in [0.717, 1.165) is 19.3 Å². The molecule has 1 aromatic rings. The predicted octanol–water partition coefficient (Wildman–Crippen LogP) is 2.80. The molecule has 1 aliphatic carbocycles. The maximum Gasteiger partial charge on any atom is 0.224 e. The molecule has 0 saturated heterocycles. The summed E-state index contributed by atoms with van der Waals surface area (Å²) in [5.74, 6) is 0.737. The van der Waals surface area contributed by atoms with E-state index in [0.29, 0.717) is 22.9 Å². The molecule has 1 amide bonds. The number of carbonyl (C=O) groups is 1. The number of hydrogen-bond acceptors (Lipinski definition) is 3. The number of amides is 1. The van der Waals surface area contributed by atoms with Crippen LogP contribution in [0.15, 0.2) is 18.2 Å². The molecule has 19 heavy (non-hydrogen) atoms. The fourth-order valence-electron chi connectivity index (χ4n) is 2.57. The lowest BCUT2D eigenvalue weighted by atomic mass is 10.00. The van der Waals surface area contributed by atoms with Crippen molar-refractivity contribution in [1.29, 1.82) is 0 Å². The lowest BCUT2D eigenvalue weighted by molar-refractivity contribution is -0.117. The van der Waals surface area contributed by atoms with Crippen LogP contribution in [0.4, 0.5) is 5.69 Å². The molecule has 2 atom stereocenters. The molecule has 0 unspecified atom stereocenters. The molecule has 0 heterocycles. The van der Waals surface area contributed by atoms with Gasteiger partial charge in [0.1, 0.15) is 0 Å². The summed E-state index contributed by atoms with van der Waals surface area (Å²) in [6, 6.07) is 5.43. The van der Waals surface area contributed by atoms with E-state index in [1.54, 1.807) is 18.2 Å². The number of carbonyl (C=O) groups excluding carboxylic acids is 1. The summed E-state index contributed by atoms with van der Waals surface area (Å²) in [6.07, 6.45) is 3.61. The Kier molecular flexibility index (Phi) is 4.66. The van der Waals surface area contributed by atoms with E-state index in [9.17, 15) is 4.79 Å². The van der Waals surface area contributed by atoms with E-state index >= 15 is 0 Å².